The van der Waals surface area contributed by atoms with E-state index in [9.17, 15) is 0 Å². The topological polar surface area (TPSA) is 47.3 Å². The first-order chi connectivity index (χ1) is 6.86. The Kier molecular flexibility index (Phi) is 3.79. The van der Waals surface area contributed by atoms with Gasteiger partial charge in [0.2, 0.25) is 0 Å². The van der Waals surface area contributed by atoms with Gasteiger partial charge < -0.3 is 15.8 Å². The standard InChI is InChI=1S/C11H22N2O/c12-10-3-1-2-4-11(10)13-9-5-7-14-8-6-9/h9-11,13H,1-8,12H2. The Hall–Kier alpha value is -0.120. The van der Waals surface area contributed by atoms with Gasteiger partial charge in [0.05, 0.1) is 0 Å². The van der Waals surface area contributed by atoms with Crippen molar-refractivity contribution in [1.82, 2.24) is 5.32 Å². The van der Waals surface area contributed by atoms with Crippen LogP contribution in [0, 0.1) is 0 Å². The molecule has 0 spiro atoms. The minimum atomic E-state index is 0.381. The smallest absolute Gasteiger partial charge is 0.0480 e. The van der Waals surface area contributed by atoms with E-state index in [-0.39, 0.29) is 0 Å². The van der Waals surface area contributed by atoms with Gasteiger partial charge in [-0.25, -0.2) is 0 Å². The van der Waals surface area contributed by atoms with E-state index in [1.54, 1.807) is 0 Å². The van der Waals surface area contributed by atoms with Gasteiger partial charge in [-0.3, -0.25) is 0 Å². The molecule has 0 aromatic carbocycles. The van der Waals surface area contributed by atoms with Gasteiger partial charge in [0.25, 0.3) is 0 Å². The van der Waals surface area contributed by atoms with E-state index in [0.29, 0.717) is 18.1 Å². The van der Waals surface area contributed by atoms with Gasteiger partial charge >= 0.3 is 0 Å². The van der Waals surface area contributed by atoms with E-state index >= 15 is 0 Å². The van der Waals surface area contributed by atoms with Gasteiger partial charge in [-0.2, -0.15) is 0 Å². The Bertz CT molecular complexity index is 169. The summed E-state index contributed by atoms with van der Waals surface area (Å²) in [5.41, 5.74) is 6.10. The normalized spacial score (nSPS) is 35.8. The van der Waals surface area contributed by atoms with E-state index in [1.807, 2.05) is 0 Å². The third-order valence-corrected chi connectivity index (χ3v) is 3.49. The highest BCUT2D eigenvalue weighted by Gasteiger charge is 2.24. The van der Waals surface area contributed by atoms with E-state index in [0.717, 1.165) is 26.1 Å². The van der Waals surface area contributed by atoms with Crippen LogP contribution in [-0.4, -0.2) is 31.3 Å². The average Bonchev–Trinajstić information content (AvgIpc) is 2.23. The molecule has 2 rings (SSSR count). The molecular formula is C11H22N2O. The second-order valence-electron chi connectivity index (χ2n) is 4.61. The molecule has 1 saturated heterocycles. The maximum atomic E-state index is 6.10. The number of hydrogen-bond donors (Lipinski definition) is 2. The molecule has 1 saturated carbocycles. The number of nitrogens with two attached hydrogens (primary N) is 1. The van der Waals surface area contributed by atoms with Crippen molar-refractivity contribution in [1.29, 1.82) is 0 Å². The van der Waals surface area contributed by atoms with Gasteiger partial charge in [0, 0.05) is 31.3 Å². The van der Waals surface area contributed by atoms with Crippen molar-refractivity contribution >= 4 is 0 Å². The first kappa shape index (κ1) is 10.4. The van der Waals surface area contributed by atoms with Crippen LogP contribution in [0.2, 0.25) is 0 Å². The molecule has 0 amide bonds. The third-order valence-electron chi connectivity index (χ3n) is 3.49. The molecule has 1 heterocycles. The summed E-state index contributed by atoms with van der Waals surface area (Å²) in [5, 5.41) is 3.70. The van der Waals surface area contributed by atoms with Crippen LogP contribution < -0.4 is 11.1 Å². The zero-order chi connectivity index (χ0) is 9.80. The van der Waals surface area contributed by atoms with Gasteiger partial charge in [-0.1, -0.05) is 12.8 Å². The van der Waals surface area contributed by atoms with Crippen LogP contribution in [-0.2, 0) is 4.74 Å². The molecule has 2 atom stereocenters. The highest BCUT2D eigenvalue weighted by atomic mass is 16.5. The lowest BCUT2D eigenvalue weighted by atomic mass is 9.90. The maximum absolute atomic E-state index is 6.10. The predicted octanol–water partition coefficient (Wildman–Crippen LogP) is 1.02. The lowest BCUT2D eigenvalue weighted by Crippen LogP contribution is -2.51. The monoisotopic (exact) mass is 198 g/mol. The van der Waals surface area contributed by atoms with Crippen LogP contribution in [0.25, 0.3) is 0 Å². The molecule has 14 heavy (non-hydrogen) atoms. The molecule has 2 fully saturated rings. The summed E-state index contributed by atoms with van der Waals surface area (Å²) in [4.78, 5) is 0. The summed E-state index contributed by atoms with van der Waals surface area (Å²) >= 11 is 0. The van der Waals surface area contributed by atoms with Crippen LogP contribution >= 0.6 is 0 Å². The summed E-state index contributed by atoms with van der Waals surface area (Å²) in [6.45, 7) is 1.83. The number of ether oxygens (including phenoxy) is 1. The zero-order valence-corrected chi connectivity index (χ0v) is 8.87. The van der Waals surface area contributed by atoms with Crippen LogP contribution in [0.3, 0.4) is 0 Å². The van der Waals surface area contributed by atoms with E-state index in [1.165, 1.54) is 25.7 Å². The van der Waals surface area contributed by atoms with Crippen molar-refractivity contribution in [3.05, 3.63) is 0 Å². The number of nitrogens with one attached hydrogen (secondary N) is 1. The maximum Gasteiger partial charge on any atom is 0.0480 e. The van der Waals surface area contributed by atoms with Crippen LogP contribution in [0.4, 0.5) is 0 Å². The number of hydrogen-bond acceptors (Lipinski definition) is 3. The quantitative estimate of drug-likeness (QED) is 0.696. The molecule has 3 heteroatoms. The molecule has 1 aliphatic carbocycles. The predicted molar refractivity (Wildman–Crippen MR) is 57.2 cm³/mol. The minimum absolute atomic E-state index is 0.381. The summed E-state index contributed by atoms with van der Waals surface area (Å²) in [7, 11) is 0. The number of rotatable bonds is 2. The first-order valence-corrected chi connectivity index (χ1v) is 5.95. The van der Waals surface area contributed by atoms with Gasteiger partial charge in [0.15, 0.2) is 0 Å². The molecule has 3 N–H and O–H groups in total. The zero-order valence-electron chi connectivity index (χ0n) is 8.87. The molecule has 0 aromatic rings. The largest absolute Gasteiger partial charge is 0.381 e. The summed E-state index contributed by atoms with van der Waals surface area (Å²) in [6, 6.07) is 1.59. The van der Waals surface area contributed by atoms with Gasteiger partial charge in [0.1, 0.15) is 0 Å². The Morgan fingerprint density at radius 1 is 1.00 bits per heavy atom. The summed E-state index contributed by atoms with van der Waals surface area (Å²) < 4.78 is 5.34. The molecule has 0 aromatic heterocycles. The molecule has 82 valence electrons. The molecule has 0 radical (unpaired) electrons. The van der Waals surface area contributed by atoms with Crippen LogP contribution in [0.5, 0.6) is 0 Å². The highest BCUT2D eigenvalue weighted by molar-refractivity contribution is 4.86. The third kappa shape index (κ3) is 2.69. The fraction of sp³-hybridized carbons (Fsp3) is 1.00. The van der Waals surface area contributed by atoms with Gasteiger partial charge in [-0.15, -0.1) is 0 Å². The van der Waals surface area contributed by atoms with Crippen molar-refractivity contribution in [2.24, 2.45) is 5.73 Å². The Labute approximate surface area is 86.4 Å². The molecular weight excluding hydrogens is 176 g/mol. The Morgan fingerprint density at radius 2 is 1.71 bits per heavy atom. The van der Waals surface area contributed by atoms with E-state index < -0.39 is 0 Å². The van der Waals surface area contributed by atoms with E-state index in [4.69, 9.17) is 10.5 Å². The van der Waals surface area contributed by atoms with Crippen LogP contribution in [0.15, 0.2) is 0 Å². The van der Waals surface area contributed by atoms with Crippen molar-refractivity contribution in [2.75, 3.05) is 13.2 Å². The minimum Gasteiger partial charge on any atom is -0.381 e. The highest BCUT2D eigenvalue weighted by Crippen LogP contribution is 2.19. The fourth-order valence-electron chi connectivity index (χ4n) is 2.53. The van der Waals surface area contributed by atoms with Crippen molar-refractivity contribution < 1.29 is 4.74 Å². The van der Waals surface area contributed by atoms with Crippen molar-refractivity contribution in [2.45, 2.75) is 56.7 Å². The van der Waals surface area contributed by atoms with Crippen molar-refractivity contribution in [3.63, 3.8) is 0 Å². The van der Waals surface area contributed by atoms with Gasteiger partial charge in [-0.05, 0) is 25.7 Å². The first-order valence-electron chi connectivity index (χ1n) is 5.95. The SMILES string of the molecule is NC1CCCCC1NC1CCOCC1. The lowest BCUT2D eigenvalue weighted by Gasteiger charge is -2.34. The van der Waals surface area contributed by atoms with Crippen LogP contribution in [0.1, 0.15) is 38.5 Å². The molecule has 1 aliphatic heterocycles. The Morgan fingerprint density at radius 3 is 2.43 bits per heavy atom. The molecule has 2 unspecified atom stereocenters. The Balaban J connectivity index is 1.76. The van der Waals surface area contributed by atoms with E-state index in [2.05, 4.69) is 5.32 Å². The lowest BCUT2D eigenvalue weighted by molar-refractivity contribution is 0.0721. The molecule has 3 nitrogen and oxygen atoms in total. The van der Waals surface area contributed by atoms with Crippen molar-refractivity contribution in [3.8, 4) is 0 Å². The fourth-order valence-corrected chi connectivity index (χ4v) is 2.53. The summed E-state index contributed by atoms with van der Waals surface area (Å²) in [5.74, 6) is 0. The second kappa shape index (κ2) is 5.10. The molecule has 0 bridgehead atoms. The summed E-state index contributed by atoms with van der Waals surface area (Å²) in [6.07, 6.45) is 7.42. The average molecular weight is 198 g/mol. The second-order valence-corrected chi connectivity index (χ2v) is 4.61. The molecule has 2 aliphatic rings.